The molecule has 1 aromatic rings. The lowest BCUT2D eigenvalue weighted by Crippen LogP contribution is -2.32. The summed E-state index contributed by atoms with van der Waals surface area (Å²) >= 11 is 0. The Balaban J connectivity index is 2.71. The molecule has 0 amide bonds. The number of nitrogens with zero attached hydrogens (tertiary/aromatic N) is 1. The zero-order chi connectivity index (χ0) is 11.3. The molecule has 15 heavy (non-hydrogen) atoms. The normalized spacial score (nSPS) is 11.9. The molecular formula is C12H19N3. The fraction of sp³-hybridized carbons (Fsp3) is 0.417. The molecule has 0 aliphatic heterocycles. The van der Waals surface area contributed by atoms with Crippen molar-refractivity contribution in [2.45, 2.75) is 33.2 Å². The van der Waals surface area contributed by atoms with Crippen LogP contribution in [0, 0.1) is 6.92 Å². The van der Waals surface area contributed by atoms with Crippen LogP contribution in [0.3, 0.4) is 0 Å². The van der Waals surface area contributed by atoms with Gasteiger partial charge in [0, 0.05) is 12.5 Å². The molecule has 0 aliphatic rings. The molecule has 0 radical (unpaired) electrons. The molecule has 0 unspecified atom stereocenters. The van der Waals surface area contributed by atoms with Crippen LogP contribution in [0.1, 0.15) is 25.0 Å². The summed E-state index contributed by atoms with van der Waals surface area (Å²) in [6.45, 7) is 6.15. The molecule has 82 valence electrons. The third-order valence-electron chi connectivity index (χ3n) is 2.07. The summed E-state index contributed by atoms with van der Waals surface area (Å²) in [5.41, 5.74) is 5.13. The quantitative estimate of drug-likeness (QED) is 0.342. The monoisotopic (exact) mass is 205 g/mol. The van der Waals surface area contributed by atoms with Gasteiger partial charge in [0.25, 0.3) is 0 Å². The first-order valence-corrected chi connectivity index (χ1v) is 5.20. The molecule has 0 saturated heterocycles. The molecule has 0 aromatic heterocycles. The van der Waals surface area contributed by atoms with E-state index in [1.807, 2.05) is 13.8 Å². The van der Waals surface area contributed by atoms with Gasteiger partial charge in [-0.3, -0.25) is 4.99 Å². The van der Waals surface area contributed by atoms with Crippen molar-refractivity contribution in [2.24, 2.45) is 10.8 Å². The molecule has 0 aliphatic carbocycles. The molecule has 0 spiro atoms. The fourth-order valence-corrected chi connectivity index (χ4v) is 1.34. The summed E-state index contributed by atoms with van der Waals surface area (Å²) in [7, 11) is 0. The highest BCUT2D eigenvalue weighted by Gasteiger charge is 2.00. The maximum atomic E-state index is 5.42. The second-order valence-electron chi connectivity index (χ2n) is 3.98. The van der Waals surface area contributed by atoms with Gasteiger partial charge >= 0.3 is 0 Å². The van der Waals surface area contributed by atoms with Crippen LogP contribution in [0.4, 0.5) is 0 Å². The van der Waals surface area contributed by atoms with Crippen LogP contribution in [0.15, 0.2) is 29.3 Å². The number of hydrazine groups is 1. The van der Waals surface area contributed by atoms with Gasteiger partial charge < -0.3 is 5.43 Å². The Labute approximate surface area is 91.4 Å². The van der Waals surface area contributed by atoms with E-state index in [1.54, 1.807) is 0 Å². The Morgan fingerprint density at radius 2 is 1.93 bits per heavy atom. The van der Waals surface area contributed by atoms with Crippen LogP contribution in [0.25, 0.3) is 0 Å². The molecule has 3 nitrogen and oxygen atoms in total. The van der Waals surface area contributed by atoms with Gasteiger partial charge in [-0.25, -0.2) is 5.84 Å². The molecule has 1 aromatic carbocycles. The average Bonchev–Trinajstić information content (AvgIpc) is 2.19. The standard InChI is InChI=1S/C12H19N3/c1-9(2)14-12(15-13)8-11-6-4-10(3)5-7-11/h4-7,9H,8,13H2,1-3H3,(H,14,15). The fourth-order valence-electron chi connectivity index (χ4n) is 1.34. The maximum Gasteiger partial charge on any atom is 0.115 e. The molecular weight excluding hydrogens is 186 g/mol. The minimum atomic E-state index is 0.265. The maximum absolute atomic E-state index is 5.42. The van der Waals surface area contributed by atoms with Crippen LogP contribution in [0.2, 0.25) is 0 Å². The van der Waals surface area contributed by atoms with Gasteiger partial charge in [0.15, 0.2) is 0 Å². The summed E-state index contributed by atoms with van der Waals surface area (Å²) < 4.78 is 0. The highest BCUT2D eigenvalue weighted by atomic mass is 15.2. The molecule has 0 fully saturated rings. The van der Waals surface area contributed by atoms with Crippen molar-refractivity contribution < 1.29 is 0 Å². The Bertz CT molecular complexity index is 325. The summed E-state index contributed by atoms with van der Waals surface area (Å²) in [5, 5.41) is 0. The highest BCUT2D eigenvalue weighted by Crippen LogP contribution is 2.04. The zero-order valence-corrected chi connectivity index (χ0v) is 9.62. The van der Waals surface area contributed by atoms with Gasteiger partial charge in [-0.1, -0.05) is 29.8 Å². The predicted molar refractivity (Wildman–Crippen MR) is 64.8 cm³/mol. The van der Waals surface area contributed by atoms with Gasteiger partial charge in [-0.15, -0.1) is 0 Å². The molecule has 0 atom stereocenters. The summed E-state index contributed by atoms with van der Waals surface area (Å²) in [6.07, 6.45) is 0.759. The lowest BCUT2D eigenvalue weighted by Gasteiger charge is -2.07. The van der Waals surface area contributed by atoms with Crippen molar-refractivity contribution >= 4 is 5.84 Å². The first kappa shape index (κ1) is 11.7. The first-order valence-electron chi connectivity index (χ1n) is 5.20. The number of aliphatic imine (C=N–C) groups is 1. The van der Waals surface area contributed by atoms with E-state index >= 15 is 0 Å². The van der Waals surface area contributed by atoms with Gasteiger partial charge in [-0.2, -0.15) is 0 Å². The van der Waals surface area contributed by atoms with E-state index in [0.29, 0.717) is 0 Å². The summed E-state index contributed by atoms with van der Waals surface area (Å²) in [6, 6.07) is 8.66. The smallest absolute Gasteiger partial charge is 0.115 e. The number of amidine groups is 1. The van der Waals surface area contributed by atoms with Crippen molar-refractivity contribution in [3.63, 3.8) is 0 Å². The lowest BCUT2D eigenvalue weighted by molar-refractivity contribution is 0.811. The van der Waals surface area contributed by atoms with E-state index in [4.69, 9.17) is 5.84 Å². The number of hydrogen-bond donors (Lipinski definition) is 2. The van der Waals surface area contributed by atoms with E-state index in [0.717, 1.165) is 12.3 Å². The van der Waals surface area contributed by atoms with Crippen molar-refractivity contribution in [1.29, 1.82) is 0 Å². The van der Waals surface area contributed by atoms with Crippen molar-refractivity contribution in [3.8, 4) is 0 Å². The van der Waals surface area contributed by atoms with Crippen molar-refractivity contribution in [1.82, 2.24) is 5.43 Å². The van der Waals surface area contributed by atoms with Crippen LogP contribution in [-0.2, 0) is 6.42 Å². The van der Waals surface area contributed by atoms with E-state index in [2.05, 4.69) is 41.6 Å². The van der Waals surface area contributed by atoms with E-state index < -0.39 is 0 Å². The van der Waals surface area contributed by atoms with E-state index in [9.17, 15) is 0 Å². The SMILES string of the molecule is Cc1ccc(CC(=NC(C)C)NN)cc1. The van der Waals surface area contributed by atoms with Crippen LogP contribution in [-0.4, -0.2) is 11.9 Å². The van der Waals surface area contributed by atoms with Crippen LogP contribution in [0.5, 0.6) is 0 Å². The number of nitrogens with one attached hydrogen (secondary N) is 1. The second kappa shape index (κ2) is 5.51. The molecule has 0 saturated carbocycles. The largest absolute Gasteiger partial charge is 0.312 e. The Morgan fingerprint density at radius 1 is 1.33 bits per heavy atom. The zero-order valence-electron chi connectivity index (χ0n) is 9.62. The lowest BCUT2D eigenvalue weighted by atomic mass is 10.1. The number of rotatable bonds is 3. The van der Waals surface area contributed by atoms with Crippen molar-refractivity contribution in [2.75, 3.05) is 0 Å². The van der Waals surface area contributed by atoms with E-state index in [1.165, 1.54) is 11.1 Å². The van der Waals surface area contributed by atoms with Crippen molar-refractivity contribution in [3.05, 3.63) is 35.4 Å². The molecule has 3 N–H and O–H groups in total. The van der Waals surface area contributed by atoms with Gasteiger partial charge in [0.1, 0.15) is 5.84 Å². The van der Waals surface area contributed by atoms with Gasteiger partial charge in [-0.05, 0) is 26.3 Å². The van der Waals surface area contributed by atoms with Crippen LogP contribution >= 0.6 is 0 Å². The molecule has 0 heterocycles. The number of nitrogens with two attached hydrogens (primary N) is 1. The third kappa shape index (κ3) is 4.13. The molecule has 0 bridgehead atoms. The summed E-state index contributed by atoms with van der Waals surface area (Å²) in [5.74, 6) is 6.25. The van der Waals surface area contributed by atoms with Crippen LogP contribution < -0.4 is 11.3 Å². The number of aryl methyl sites for hydroxylation is 1. The molecule has 3 heteroatoms. The highest BCUT2D eigenvalue weighted by molar-refractivity contribution is 5.83. The summed E-state index contributed by atoms with van der Waals surface area (Å²) in [4.78, 5) is 4.39. The third-order valence-corrected chi connectivity index (χ3v) is 2.07. The first-order chi connectivity index (χ1) is 7.11. The molecule has 1 rings (SSSR count). The minimum Gasteiger partial charge on any atom is -0.312 e. The second-order valence-corrected chi connectivity index (χ2v) is 3.98. The minimum absolute atomic E-state index is 0.265. The number of benzene rings is 1. The number of hydrogen-bond acceptors (Lipinski definition) is 2. The van der Waals surface area contributed by atoms with Gasteiger partial charge in [0.05, 0.1) is 0 Å². The topological polar surface area (TPSA) is 50.4 Å². The van der Waals surface area contributed by atoms with E-state index in [-0.39, 0.29) is 6.04 Å². The average molecular weight is 205 g/mol. The predicted octanol–water partition coefficient (Wildman–Crippen LogP) is 1.81. The Morgan fingerprint density at radius 3 is 2.40 bits per heavy atom. The Kier molecular flexibility index (Phi) is 4.31. The Hall–Kier alpha value is -1.35. The van der Waals surface area contributed by atoms with Gasteiger partial charge in [0.2, 0.25) is 0 Å².